The molecule has 1 atom stereocenters. The van der Waals surface area contributed by atoms with Crippen molar-refractivity contribution >= 4 is 27.7 Å². The lowest BCUT2D eigenvalue weighted by atomic mass is 10.1. The van der Waals surface area contributed by atoms with Crippen LogP contribution in [0.15, 0.2) is 97.1 Å². The van der Waals surface area contributed by atoms with E-state index < -0.39 is 0 Å². The maximum absolute atomic E-state index is 12.6. The molecule has 0 aliphatic heterocycles. The zero-order valence-electron chi connectivity index (χ0n) is 18.4. The van der Waals surface area contributed by atoms with Crippen molar-refractivity contribution in [1.29, 1.82) is 0 Å². The van der Waals surface area contributed by atoms with E-state index in [0.29, 0.717) is 12.3 Å². The minimum absolute atomic E-state index is 0.0424. The summed E-state index contributed by atoms with van der Waals surface area (Å²) in [5.41, 5.74) is 3.14. The molecule has 164 valence electrons. The van der Waals surface area contributed by atoms with E-state index in [2.05, 4.69) is 58.4 Å². The highest BCUT2D eigenvalue weighted by Crippen LogP contribution is 2.24. The Morgan fingerprint density at radius 2 is 1.64 bits per heavy atom. The summed E-state index contributed by atoms with van der Waals surface area (Å²) in [5.74, 6) is 1.30. The second-order valence-corrected chi connectivity index (χ2v) is 8.12. The molecule has 0 fully saturated rings. The third-order valence-electron chi connectivity index (χ3n) is 5.72. The maximum atomic E-state index is 12.6. The van der Waals surface area contributed by atoms with Gasteiger partial charge in [-0.1, -0.05) is 66.7 Å². The van der Waals surface area contributed by atoms with Crippen LogP contribution in [0.3, 0.4) is 0 Å². The molecule has 0 bridgehead atoms. The summed E-state index contributed by atoms with van der Waals surface area (Å²) >= 11 is 0. The van der Waals surface area contributed by atoms with E-state index in [4.69, 9.17) is 9.72 Å². The zero-order valence-corrected chi connectivity index (χ0v) is 18.4. The van der Waals surface area contributed by atoms with Gasteiger partial charge < -0.3 is 14.6 Å². The van der Waals surface area contributed by atoms with E-state index in [9.17, 15) is 4.79 Å². The van der Waals surface area contributed by atoms with Gasteiger partial charge in [-0.3, -0.25) is 4.79 Å². The molecule has 5 heteroatoms. The summed E-state index contributed by atoms with van der Waals surface area (Å²) in [7, 11) is 0. The van der Waals surface area contributed by atoms with Crippen LogP contribution in [-0.2, 0) is 11.3 Å². The van der Waals surface area contributed by atoms with Crippen molar-refractivity contribution in [3.8, 4) is 5.75 Å². The molecule has 5 nitrogen and oxygen atoms in total. The highest BCUT2D eigenvalue weighted by Gasteiger charge is 2.19. The zero-order chi connectivity index (χ0) is 22.6. The first-order valence-corrected chi connectivity index (χ1v) is 11.1. The molecule has 1 unspecified atom stereocenters. The van der Waals surface area contributed by atoms with Gasteiger partial charge in [0.2, 0.25) is 0 Å². The molecular formula is C28H25N3O2. The van der Waals surface area contributed by atoms with Crippen LogP contribution in [-0.4, -0.2) is 22.1 Å². The Hall–Kier alpha value is -4.12. The van der Waals surface area contributed by atoms with Crippen LogP contribution < -0.4 is 10.1 Å². The molecule has 1 N–H and O–H groups in total. The summed E-state index contributed by atoms with van der Waals surface area (Å²) < 4.78 is 7.77. The molecular weight excluding hydrogens is 410 g/mol. The molecule has 1 aromatic heterocycles. The number of amides is 1. The van der Waals surface area contributed by atoms with Gasteiger partial charge in [-0.05, 0) is 53.6 Å². The second-order valence-electron chi connectivity index (χ2n) is 8.12. The number of hydrogen-bond donors (Lipinski definition) is 1. The van der Waals surface area contributed by atoms with Crippen LogP contribution in [0.5, 0.6) is 5.75 Å². The topological polar surface area (TPSA) is 56.1 Å². The van der Waals surface area contributed by atoms with Gasteiger partial charge in [0.1, 0.15) is 11.6 Å². The number of rotatable bonds is 7. The quantitative estimate of drug-likeness (QED) is 0.368. The first-order valence-electron chi connectivity index (χ1n) is 11.1. The fourth-order valence-corrected chi connectivity index (χ4v) is 4.12. The van der Waals surface area contributed by atoms with Crippen molar-refractivity contribution < 1.29 is 9.53 Å². The van der Waals surface area contributed by atoms with Crippen LogP contribution in [0.2, 0.25) is 0 Å². The number of ether oxygens (including phenoxy) is 1. The largest absolute Gasteiger partial charge is 0.484 e. The van der Waals surface area contributed by atoms with Gasteiger partial charge in [0.05, 0.1) is 17.1 Å². The molecule has 4 aromatic carbocycles. The fraction of sp³-hybridized carbons (Fsp3) is 0.143. The van der Waals surface area contributed by atoms with E-state index >= 15 is 0 Å². The van der Waals surface area contributed by atoms with Crippen molar-refractivity contribution in [2.24, 2.45) is 0 Å². The van der Waals surface area contributed by atoms with Crippen LogP contribution in [0.25, 0.3) is 21.8 Å². The average molecular weight is 436 g/mol. The maximum Gasteiger partial charge on any atom is 0.258 e. The Morgan fingerprint density at radius 1 is 0.909 bits per heavy atom. The van der Waals surface area contributed by atoms with Crippen LogP contribution in [0.1, 0.15) is 24.4 Å². The molecule has 33 heavy (non-hydrogen) atoms. The summed E-state index contributed by atoms with van der Waals surface area (Å²) in [6.45, 7) is 2.58. The van der Waals surface area contributed by atoms with Gasteiger partial charge >= 0.3 is 0 Å². The predicted octanol–water partition coefficient (Wildman–Crippen LogP) is 5.49. The van der Waals surface area contributed by atoms with Crippen LogP contribution >= 0.6 is 0 Å². The van der Waals surface area contributed by atoms with Gasteiger partial charge in [-0.2, -0.15) is 0 Å². The Bertz CT molecular complexity index is 1410. The summed E-state index contributed by atoms with van der Waals surface area (Å²) in [6.07, 6.45) is 0. The van der Waals surface area contributed by atoms with Gasteiger partial charge in [0.15, 0.2) is 6.61 Å². The van der Waals surface area contributed by atoms with E-state index in [-0.39, 0.29) is 18.6 Å². The van der Waals surface area contributed by atoms with Crippen LogP contribution in [0, 0.1) is 0 Å². The molecule has 5 rings (SSSR count). The van der Waals surface area contributed by atoms with Gasteiger partial charge in [0.25, 0.3) is 5.91 Å². The Kier molecular flexibility index (Phi) is 5.77. The standard InChI is InChI=1S/C28H25N3O2/c1-20(29-27(32)19-33-24-11-3-2-4-12-24)28-30-25-13-7-8-14-26(25)31(28)18-21-15-16-22-9-5-6-10-23(22)17-21/h2-17,20H,18-19H2,1H3,(H,29,32). The summed E-state index contributed by atoms with van der Waals surface area (Å²) in [6, 6.07) is 32.0. The summed E-state index contributed by atoms with van der Waals surface area (Å²) in [4.78, 5) is 17.4. The molecule has 0 saturated carbocycles. The van der Waals surface area contributed by atoms with Crippen molar-refractivity contribution in [2.45, 2.75) is 19.5 Å². The van der Waals surface area contributed by atoms with Gasteiger partial charge in [0, 0.05) is 6.54 Å². The van der Waals surface area contributed by atoms with Crippen molar-refractivity contribution in [3.63, 3.8) is 0 Å². The monoisotopic (exact) mass is 435 g/mol. The number of carbonyl (C=O) groups is 1. The predicted molar refractivity (Wildman–Crippen MR) is 131 cm³/mol. The molecule has 0 saturated heterocycles. The first-order chi connectivity index (χ1) is 16.2. The van der Waals surface area contributed by atoms with Gasteiger partial charge in [-0.15, -0.1) is 0 Å². The first kappa shape index (κ1) is 20.8. The van der Waals surface area contributed by atoms with Crippen molar-refractivity contribution in [3.05, 3.63) is 108 Å². The molecule has 1 amide bonds. The molecule has 0 spiro atoms. The molecule has 0 aliphatic carbocycles. The van der Waals surface area contributed by atoms with Gasteiger partial charge in [-0.25, -0.2) is 4.98 Å². The lowest BCUT2D eigenvalue weighted by Gasteiger charge is -2.17. The van der Waals surface area contributed by atoms with E-state index in [1.807, 2.05) is 55.5 Å². The van der Waals surface area contributed by atoms with E-state index in [1.165, 1.54) is 16.3 Å². The minimum atomic E-state index is -0.273. The van der Waals surface area contributed by atoms with E-state index in [1.54, 1.807) is 0 Å². The van der Waals surface area contributed by atoms with Crippen molar-refractivity contribution in [2.75, 3.05) is 6.61 Å². The summed E-state index contributed by atoms with van der Waals surface area (Å²) in [5, 5.41) is 5.46. The molecule has 0 aliphatic rings. The smallest absolute Gasteiger partial charge is 0.258 e. The number of fused-ring (bicyclic) bond motifs is 2. The fourth-order valence-electron chi connectivity index (χ4n) is 4.12. The number of para-hydroxylation sites is 3. The lowest BCUT2D eigenvalue weighted by molar-refractivity contribution is -0.123. The number of hydrogen-bond acceptors (Lipinski definition) is 3. The van der Waals surface area contributed by atoms with E-state index in [0.717, 1.165) is 16.9 Å². The number of aromatic nitrogens is 2. The lowest BCUT2D eigenvalue weighted by Crippen LogP contribution is -2.32. The van der Waals surface area contributed by atoms with Crippen LogP contribution in [0.4, 0.5) is 0 Å². The molecule has 5 aromatic rings. The minimum Gasteiger partial charge on any atom is -0.484 e. The number of nitrogens with one attached hydrogen (secondary N) is 1. The third-order valence-corrected chi connectivity index (χ3v) is 5.72. The highest BCUT2D eigenvalue weighted by molar-refractivity contribution is 5.83. The average Bonchev–Trinajstić information content (AvgIpc) is 3.22. The molecule has 1 heterocycles. The number of imidazole rings is 1. The SMILES string of the molecule is CC(NC(=O)COc1ccccc1)c1nc2ccccc2n1Cc1ccc2ccccc2c1. The number of benzene rings is 4. The number of nitrogens with zero attached hydrogens (tertiary/aromatic N) is 2. The molecule has 0 radical (unpaired) electrons. The second kappa shape index (κ2) is 9.17. The Balaban J connectivity index is 1.39. The Morgan fingerprint density at radius 3 is 2.48 bits per heavy atom. The third kappa shape index (κ3) is 4.58. The number of carbonyl (C=O) groups excluding carboxylic acids is 1. The highest BCUT2D eigenvalue weighted by atomic mass is 16.5. The normalized spacial score (nSPS) is 12.0. The van der Waals surface area contributed by atoms with Crippen molar-refractivity contribution in [1.82, 2.24) is 14.9 Å². The Labute approximate surface area is 192 Å².